The molecule has 0 unspecified atom stereocenters. The van der Waals surface area contributed by atoms with Gasteiger partial charge in [0.25, 0.3) is 5.91 Å². The molecule has 5 nitrogen and oxygen atoms in total. The zero-order valence-corrected chi connectivity index (χ0v) is 13.7. The van der Waals surface area contributed by atoms with E-state index >= 15 is 0 Å². The number of hydrogen-bond acceptors (Lipinski definition) is 3. The molecular weight excluding hydrogens is 316 g/mol. The third-order valence-electron chi connectivity index (χ3n) is 4.33. The maximum Gasteiger partial charge on any atom is 0.418 e. The second-order valence-corrected chi connectivity index (χ2v) is 5.75. The number of amides is 1. The molecule has 124 valence electrons. The molecule has 0 spiro atoms. The number of ether oxygens (including phenoxy) is 1. The summed E-state index contributed by atoms with van der Waals surface area (Å²) in [5, 5.41) is 3.66. The predicted molar refractivity (Wildman–Crippen MR) is 97.5 cm³/mol. The highest BCUT2D eigenvalue weighted by Crippen LogP contribution is 2.43. The Labute approximate surface area is 144 Å². The standard InChI is InChI=1S/C20H16N2O3/c1-3-25-20(24)22-16-11-7-5-9-14(16)17-12(2)19(23)21-15-10-6-4-8-13(15)18(17)22/h4-11H,2-3H2,1H3,(H,21,23). The number of nitrogens with zero attached hydrogens (tertiary/aromatic N) is 1. The summed E-state index contributed by atoms with van der Waals surface area (Å²) >= 11 is 0. The lowest BCUT2D eigenvalue weighted by Gasteiger charge is -2.12. The Morgan fingerprint density at radius 3 is 2.68 bits per heavy atom. The number of fused-ring (bicyclic) bond motifs is 5. The van der Waals surface area contributed by atoms with Crippen LogP contribution in [-0.4, -0.2) is 23.2 Å². The molecule has 0 fully saturated rings. The molecule has 2 heterocycles. The minimum absolute atomic E-state index is 0.264. The smallest absolute Gasteiger partial charge is 0.418 e. The lowest BCUT2D eigenvalue weighted by Crippen LogP contribution is -2.14. The molecule has 5 heteroatoms. The van der Waals surface area contributed by atoms with E-state index in [9.17, 15) is 9.59 Å². The van der Waals surface area contributed by atoms with E-state index in [1.165, 1.54) is 4.57 Å². The molecule has 0 saturated heterocycles. The van der Waals surface area contributed by atoms with E-state index in [1.807, 2.05) is 48.5 Å². The van der Waals surface area contributed by atoms with E-state index in [0.29, 0.717) is 28.0 Å². The van der Waals surface area contributed by atoms with Crippen LogP contribution in [0.15, 0.2) is 55.1 Å². The van der Waals surface area contributed by atoms with Gasteiger partial charge in [-0.15, -0.1) is 0 Å². The van der Waals surface area contributed by atoms with Crippen LogP contribution in [0.25, 0.3) is 27.7 Å². The SMILES string of the molecule is C=C1C(=O)Nc2ccccc2-c2c1c1ccccc1n2C(=O)OCC. The third-order valence-corrected chi connectivity index (χ3v) is 4.33. The Kier molecular flexibility index (Phi) is 3.42. The van der Waals surface area contributed by atoms with Crippen LogP contribution in [0.5, 0.6) is 0 Å². The maximum absolute atomic E-state index is 12.7. The average Bonchev–Trinajstić information content (AvgIpc) is 2.91. The summed E-state index contributed by atoms with van der Waals surface area (Å²) in [6.07, 6.45) is -0.475. The van der Waals surface area contributed by atoms with Crippen molar-refractivity contribution in [3.8, 4) is 11.3 Å². The van der Waals surface area contributed by atoms with E-state index < -0.39 is 6.09 Å². The van der Waals surface area contributed by atoms with Gasteiger partial charge in [0.05, 0.1) is 23.5 Å². The van der Waals surface area contributed by atoms with Crippen molar-refractivity contribution in [2.45, 2.75) is 6.92 Å². The Hall–Kier alpha value is -3.34. The molecule has 1 aliphatic heterocycles. The van der Waals surface area contributed by atoms with E-state index in [2.05, 4.69) is 11.9 Å². The topological polar surface area (TPSA) is 60.3 Å². The number of aromatic nitrogens is 1. The summed E-state index contributed by atoms with van der Waals surface area (Å²) < 4.78 is 6.79. The minimum Gasteiger partial charge on any atom is -0.449 e. The van der Waals surface area contributed by atoms with Crippen molar-refractivity contribution in [3.05, 3.63) is 60.7 Å². The van der Waals surface area contributed by atoms with Crippen molar-refractivity contribution in [2.24, 2.45) is 0 Å². The highest BCUT2D eigenvalue weighted by molar-refractivity contribution is 6.31. The monoisotopic (exact) mass is 332 g/mol. The van der Waals surface area contributed by atoms with Crippen LogP contribution in [0.3, 0.4) is 0 Å². The van der Waals surface area contributed by atoms with Crippen LogP contribution in [0.4, 0.5) is 10.5 Å². The van der Waals surface area contributed by atoms with Crippen molar-refractivity contribution in [1.82, 2.24) is 4.57 Å². The number of carbonyl (C=O) groups excluding carboxylic acids is 2. The molecule has 4 rings (SSSR count). The van der Waals surface area contributed by atoms with E-state index in [0.717, 1.165) is 10.9 Å². The van der Waals surface area contributed by atoms with Crippen LogP contribution >= 0.6 is 0 Å². The van der Waals surface area contributed by atoms with Crippen molar-refractivity contribution in [2.75, 3.05) is 11.9 Å². The Bertz CT molecular complexity index is 1050. The van der Waals surface area contributed by atoms with Gasteiger partial charge in [-0.05, 0) is 19.1 Å². The highest BCUT2D eigenvalue weighted by atomic mass is 16.5. The van der Waals surface area contributed by atoms with Crippen LogP contribution in [0.1, 0.15) is 12.5 Å². The minimum atomic E-state index is -0.475. The van der Waals surface area contributed by atoms with Crippen LogP contribution < -0.4 is 5.32 Å². The lowest BCUT2D eigenvalue weighted by molar-refractivity contribution is -0.111. The molecule has 2 aromatic carbocycles. The average molecular weight is 332 g/mol. The van der Waals surface area contributed by atoms with Crippen molar-refractivity contribution < 1.29 is 14.3 Å². The predicted octanol–water partition coefficient (Wildman–Crippen LogP) is 4.28. The highest BCUT2D eigenvalue weighted by Gasteiger charge is 2.30. The van der Waals surface area contributed by atoms with Gasteiger partial charge < -0.3 is 10.1 Å². The summed E-state index contributed by atoms with van der Waals surface area (Å²) in [6, 6.07) is 14.8. The first kappa shape index (κ1) is 15.2. The van der Waals surface area contributed by atoms with Gasteiger partial charge in [-0.3, -0.25) is 4.79 Å². The third kappa shape index (κ3) is 2.16. The lowest BCUT2D eigenvalue weighted by atomic mass is 10.00. The van der Waals surface area contributed by atoms with Crippen molar-refractivity contribution in [3.63, 3.8) is 0 Å². The largest absolute Gasteiger partial charge is 0.449 e. The molecule has 1 amide bonds. The molecule has 3 aromatic rings. The maximum atomic E-state index is 12.7. The van der Waals surface area contributed by atoms with Gasteiger partial charge in [-0.2, -0.15) is 0 Å². The van der Waals surface area contributed by atoms with Gasteiger partial charge in [0.15, 0.2) is 0 Å². The van der Waals surface area contributed by atoms with Gasteiger partial charge >= 0.3 is 6.09 Å². The van der Waals surface area contributed by atoms with Gasteiger partial charge in [-0.25, -0.2) is 9.36 Å². The number of carbonyl (C=O) groups is 2. The normalized spacial score (nSPS) is 13.0. The zero-order valence-electron chi connectivity index (χ0n) is 13.7. The fraction of sp³-hybridized carbons (Fsp3) is 0.100. The molecule has 25 heavy (non-hydrogen) atoms. The molecule has 1 aliphatic rings. The Morgan fingerprint density at radius 2 is 1.88 bits per heavy atom. The summed E-state index contributed by atoms with van der Waals surface area (Å²) in [5.41, 5.74) is 3.70. The number of hydrogen-bond donors (Lipinski definition) is 1. The first-order valence-corrected chi connectivity index (χ1v) is 8.04. The van der Waals surface area contributed by atoms with Crippen molar-refractivity contribution >= 4 is 34.2 Å². The second kappa shape index (κ2) is 5.63. The number of rotatable bonds is 1. The fourth-order valence-corrected chi connectivity index (χ4v) is 3.29. The summed E-state index contributed by atoms with van der Waals surface area (Å²) in [6.45, 7) is 6.00. The molecule has 0 saturated carbocycles. The number of para-hydroxylation sites is 2. The fourth-order valence-electron chi connectivity index (χ4n) is 3.29. The quantitative estimate of drug-likeness (QED) is 0.677. The molecule has 0 bridgehead atoms. The van der Waals surface area contributed by atoms with Gasteiger partial charge in [0.1, 0.15) is 0 Å². The molecule has 0 atom stereocenters. The van der Waals surface area contributed by atoms with Gasteiger partial charge in [0, 0.05) is 22.1 Å². The van der Waals surface area contributed by atoms with Crippen LogP contribution in [-0.2, 0) is 9.53 Å². The molecular formula is C20H16N2O3. The molecule has 1 N–H and O–H groups in total. The van der Waals surface area contributed by atoms with Crippen molar-refractivity contribution in [1.29, 1.82) is 0 Å². The summed E-state index contributed by atoms with van der Waals surface area (Å²) in [4.78, 5) is 25.3. The van der Waals surface area contributed by atoms with Crippen LogP contribution in [0, 0.1) is 0 Å². The first-order chi connectivity index (χ1) is 12.1. The molecule has 1 aromatic heterocycles. The van der Waals surface area contributed by atoms with Gasteiger partial charge in [-0.1, -0.05) is 43.0 Å². The van der Waals surface area contributed by atoms with Gasteiger partial charge in [0.2, 0.25) is 0 Å². The summed E-state index contributed by atoms with van der Waals surface area (Å²) in [7, 11) is 0. The second-order valence-electron chi connectivity index (χ2n) is 5.75. The Morgan fingerprint density at radius 1 is 1.16 bits per heavy atom. The first-order valence-electron chi connectivity index (χ1n) is 8.04. The van der Waals surface area contributed by atoms with E-state index in [1.54, 1.807) is 6.92 Å². The van der Waals surface area contributed by atoms with Crippen LogP contribution in [0.2, 0.25) is 0 Å². The summed E-state index contributed by atoms with van der Waals surface area (Å²) in [5.74, 6) is -0.280. The number of benzene rings is 2. The van der Waals surface area contributed by atoms with E-state index in [-0.39, 0.29) is 12.5 Å². The molecule has 0 aliphatic carbocycles. The number of anilines is 1. The molecule has 0 radical (unpaired) electrons. The number of nitrogens with one attached hydrogen (secondary N) is 1. The van der Waals surface area contributed by atoms with E-state index in [4.69, 9.17) is 4.74 Å². The zero-order chi connectivity index (χ0) is 17.6. The Balaban J connectivity index is 2.19.